The van der Waals surface area contributed by atoms with Crippen LogP contribution in [0.3, 0.4) is 0 Å². The minimum absolute atomic E-state index is 0. The average Bonchev–Trinajstić information content (AvgIpc) is 3.72. The van der Waals surface area contributed by atoms with Crippen molar-refractivity contribution in [1.29, 1.82) is 0 Å². The maximum absolute atomic E-state index is 8.44. The molecule has 0 aliphatic rings. The van der Waals surface area contributed by atoms with E-state index in [-0.39, 0.29) is 20.1 Å². The van der Waals surface area contributed by atoms with Crippen molar-refractivity contribution in [1.82, 2.24) is 14.5 Å². The molecule has 0 aliphatic carbocycles. The largest absolute Gasteiger partial charge is 0.333 e. The normalized spacial score (nSPS) is 12.2. The van der Waals surface area contributed by atoms with Gasteiger partial charge in [0.15, 0.2) is 0 Å². The van der Waals surface area contributed by atoms with Crippen LogP contribution in [0.5, 0.6) is 0 Å². The first-order valence-electron chi connectivity index (χ1n) is 19.1. The standard InChI is InChI=1S/C31H27N2S.C17H22NSi.Ir/c1-19(2)22-11-9-12-23(20(3)4)30(22)33-27-14-7-6-13-26(27)32-31(33)21-16-17-29-25(18-21)24-10-5-8-15-28(24)34-29;1-13(2)15-11-16(14-9-7-6-8-10-14)18-12-17(15)19(3,4)5;/h5-15,17-20H,1-4H3;6-9,11-13H,1-5H3;/q2*-1;/i;13D;. The van der Waals surface area contributed by atoms with Gasteiger partial charge in [0.1, 0.15) is 0 Å². The molecule has 8 aromatic rings. The van der Waals surface area contributed by atoms with Crippen LogP contribution in [0.25, 0.3) is 59.5 Å². The minimum atomic E-state index is -1.50. The fraction of sp³-hybridized carbons (Fsp3) is 0.250. The first-order valence-corrected chi connectivity index (χ1v) is 23.0. The molecule has 0 N–H and O–H groups in total. The predicted octanol–water partition coefficient (Wildman–Crippen LogP) is 13.3. The number of nitrogens with zero attached hydrogens (tertiary/aromatic N) is 3. The van der Waals surface area contributed by atoms with Crippen LogP contribution in [0.2, 0.25) is 19.6 Å². The van der Waals surface area contributed by atoms with Crippen LogP contribution in [0.1, 0.15) is 77.3 Å². The SMILES string of the molecule is CC(C)c1cccc(C(C)C)c1-n1c(-c2[c-]cc3sc4ccccc4c3c2)nc2ccccc21.[2H]C(C)(C)c1cc(-c2[c-]cccc2)ncc1[Si](C)(C)C.[Ir]. The van der Waals surface area contributed by atoms with Crippen molar-refractivity contribution < 1.29 is 21.5 Å². The van der Waals surface area contributed by atoms with Crippen molar-refractivity contribution in [2.45, 2.75) is 78.9 Å². The van der Waals surface area contributed by atoms with E-state index < -0.39 is 14.0 Å². The van der Waals surface area contributed by atoms with Crippen LogP contribution in [-0.2, 0) is 20.1 Å². The molecule has 3 aromatic heterocycles. The smallest absolute Gasteiger partial charge is 0.0799 e. The summed E-state index contributed by atoms with van der Waals surface area (Å²) in [5.41, 5.74) is 10.1. The summed E-state index contributed by atoms with van der Waals surface area (Å²) < 4.78 is 13.4. The summed E-state index contributed by atoms with van der Waals surface area (Å²) in [4.78, 5) is 9.78. The summed E-state index contributed by atoms with van der Waals surface area (Å²) in [5.74, 6) is 1.14. The Hall–Kier alpha value is -4.19. The van der Waals surface area contributed by atoms with Crippen LogP contribution in [0.15, 0.2) is 115 Å². The van der Waals surface area contributed by atoms with Crippen molar-refractivity contribution in [2.24, 2.45) is 0 Å². The fourth-order valence-corrected chi connectivity index (χ4v) is 9.82. The summed E-state index contributed by atoms with van der Waals surface area (Å²) in [5, 5.41) is 3.84. The summed E-state index contributed by atoms with van der Waals surface area (Å²) in [6, 6.07) is 45.0. The maximum Gasteiger partial charge on any atom is 0.0799 e. The van der Waals surface area contributed by atoms with Crippen molar-refractivity contribution in [3.05, 3.63) is 144 Å². The number of benzene rings is 5. The van der Waals surface area contributed by atoms with Gasteiger partial charge in [-0.05, 0) is 68.0 Å². The van der Waals surface area contributed by atoms with Crippen molar-refractivity contribution >= 4 is 55.8 Å². The molecule has 277 valence electrons. The molecule has 1 radical (unpaired) electrons. The van der Waals surface area contributed by atoms with Gasteiger partial charge in [-0.3, -0.25) is 4.98 Å². The average molecular weight is 921 g/mol. The maximum atomic E-state index is 8.44. The number of hydrogen-bond donors (Lipinski definition) is 0. The number of para-hydroxylation sites is 3. The second kappa shape index (κ2) is 16.3. The van der Waals surface area contributed by atoms with Gasteiger partial charge in [-0.2, -0.15) is 11.3 Å². The second-order valence-corrected chi connectivity index (χ2v) is 21.8. The zero-order valence-electron chi connectivity index (χ0n) is 33.7. The molecule has 5 aromatic carbocycles. The molecule has 8 rings (SSSR count). The van der Waals surface area contributed by atoms with E-state index in [1.165, 1.54) is 42.2 Å². The monoisotopic (exact) mass is 921 g/mol. The molecule has 0 amide bonds. The number of pyridine rings is 1. The molecule has 0 saturated carbocycles. The quantitative estimate of drug-likeness (QED) is 0.118. The Labute approximate surface area is 341 Å². The van der Waals surface area contributed by atoms with E-state index in [0.717, 1.165) is 39.2 Å². The van der Waals surface area contributed by atoms with Gasteiger partial charge >= 0.3 is 0 Å². The topological polar surface area (TPSA) is 30.7 Å². The van der Waals surface area contributed by atoms with Crippen molar-refractivity contribution in [3.8, 4) is 28.3 Å². The van der Waals surface area contributed by atoms with Crippen LogP contribution in [0, 0.1) is 12.1 Å². The molecule has 3 heterocycles. The molecule has 0 bridgehead atoms. The van der Waals surface area contributed by atoms with E-state index >= 15 is 0 Å². The van der Waals surface area contributed by atoms with E-state index in [1.54, 1.807) is 0 Å². The van der Waals surface area contributed by atoms with Crippen LogP contribution >= 0.6 is 11.3 Å². The molecule has 0 fully saturated rings. The first-order chi connectivity index (χ1) is 25.7. The fourth-order valence-electron chi connectivity index (χ4n) is 7.17. The number of hydrogen-bond acceptors (Lipinski definition) is 3. The van der Waals surface area contributed by atoms with Crippen molar-refractivity contribution in [3.63, 3.8) is 0 Å². The summed E-state index contributed by atoms with van der Waals surface area (Å²) in [6.45, 7) is 19.9. The Morgan fingerprint density at radius 3 is 2.06 bits per heavy atom. The molecule has 0 saturated heterocycles. The van der Waals surface area contributed by atoms with Gasteiger partial charge in [0.05, 0.1) is 24.9 Å². The summed E-state index contributed by atoms with van der Waals surface area (Å²) >= 11 is 1.83. The molecule has 6 heteroatoms. The van der Waals surface area contributed by atoms with Gasteiger partial charge < -0.3 is 9.55 Å². The molecule has 0 aliphatic heterocycles. The number of thiophene rings is 1. The van der Waals surface area contributed by atoms with E-state index in [1.807, 2.05) is 55.6 Å². The summed E-state index contributed by atoms with van der Waals surface area (Å²) in [6.07, 6.45) is 1.98. The van der Waals surface area contributed by atoms with E-state index in [4.69, 9.17) is 6.35 Å². The minimum Gasteiger partial charge on any atom is -0.333 e. The van der Waals surface area contributed by atoms with E-state index in [2.05, 4.69) is 154 Å². The Balaban J connectivity index is 0.000000211. The van der Waals surface area contributed by atoms with E-state index in [9.17, 15) is 0 Å². The number of fused-ring (bicyclic) bond motifs is 4. The molecule has 0 spiro atoms. The van der Waals surface area contributed by atoms with Gasteiger partial charge in [-0.25, -0.2) is 0 Å². The van der Waals surface area contributed by atoms with Gasteiger partial charge in [0.25, 0.3) is 0 Å². The zero-order valence-corrected chi connectivity index (χ0v) is 36.9. The number of imidazole rings is 1. The van der Waals surface area contributed by atoms with Gasteiger partial charge in [-0.1, -0.05) is 127 Å². The Bertz CT molecular complexity index is 2570. The zero-order chi connectivity index (χ0) is 38.4. The Morgan fingerprint density at radius 2 is 1.39 bits per heavy atom. The Kier molecular flexibility index (Phi) is 11.5. The third-order valence-electron chi connectivity index (χ3n) is 9.91. The predicted molar refractivity (Wildman–Crippen MR) is 232 cm³/mol. The molecule has 0 unspecified atom stereocenters. The molecule has 0 atom stereocenters. The van der Waals surface area contributed by atoms with Crippen LogP contribution in [0.4, 0.5) is 0 Å². The van der Waals surface area contributed by atoms with Crippen LogP contribution < -0.4 is 5.19 Å². The van der Waals surface area contributed by atoms with Gasteiger partial charge in [0, 0.05) is 38.1 Å². The molecular weight excluding hydrogens is 871 g/mol. The van der Waals surface area contributed by atoms with Crippen molar-refractivity contribution in [2.75, 3.05) is 0 Å². The number of rotatable bonds is 7. The second-order valence-electron chi connectivity index (χ2n) is 15.7. The first kappa shape index (κ1) is 38.1. The van der Waals surface area contributed by atoms with Gasteiger partial charge in [-0.15, -0.1) is 59.7 Å². The summed E-state index contributed by atoms with van der Waals surface area (Å²) in [7, 11) is -1.50. The Morgan fingerprint density at radius 1 is 0.704 bits per heavy atom. The molecular formula is C48H49IrN3SSi-2. The molecule has 54 heavy (non-hydrogen) atoms. The van der Waals surface area contributed by atoms with Gasteiger partial charge in [0.2, 0.25) is 0 Å². The third kappa shape index (κ3) is 7.81. The number of aromatic nitrogens is 3. The third-order valence-corrected chi connectivity index (χ3v) is 13.1. The van der Waals surface area contributed by atoms with E-state index in [0.29, 0.717) is 11.8 Å². The molecule has 3 nitrogen and oxygen atoms in total. The van der Waals surface area contributed by atoms with Crippen LogP contribution in [-0.4, -0.2) is 22.6 Å².